The number of rotatable bonds is 2. The highest BCUT2D eigenvalue weighted by molar-refractivity contribution is 9.10. The molecular weight excluding hydrogens is 276 g/mol. The number of carboxylic acid groups (broad SMARTS) is 1. The first-order valence-corrected chi connectivity index (χ1v) is 5.78. The van der Waals surface area contributed by atoms with E-state index in [2.05, 4.69) is 31.2 Å². The summed E-state index contributed by atoms with van der Waals surface area (Å²) in [6, 6.07) is 0. The molecule has 0 aliphatic carbocycles. The van der Waals surface area contributed by atoms with Crippen LogP contribution in [0.15, 0.2) is 10.7 Å². The fourth-order valence-electron chi connectivity index (χ4n) is 1.60. The van der Waals surface area contributed by atoms with Crippen molar-refractivity contribution in [3.8, 4) is 0 Å². The molecule has 2 rings (SSSR count). The van der Waals surface area contributed by atoms with Crippen molar-refractivity contribution < 1.29 is 15.2 Å². The third kappa shape index (κ3) is 2.30. The van der Waals surface area contributed by atoms with E-state index in [0.29, 0.717) is 10.4 Å². The van der Waals surface area contributed by atoms with E-state index in [1.54, 1.807) is 0 Å². The molecule has 0 amide bonds. The number of aromatic carboxylic acids is 1. The zero-order chi connectivity index (χ0) is 11.5. The van der Waals surface area contributed by atoms with Crippen molar-refractivity contribution in [3.63, 3.8) is 0 Å². The Morgan fingerprint density at radius 3 is 2.81 bits per heavy atom. The highest BCUT2D eigenvalue weighted by Crippen LogP contribution is 2.16. The van der Waals surface area contributed by atoms with E-state index >= 15 is 0 Å². The van der Waals surface area contributed by atoms with Gasteiger partial charge < -0.3 is 20.1 Å². The summed E-state index contributed by atoms with van der Waals surface area (Å²) >= 11 is 3.08. The second-order valence-electron chi connectivity index (χ2n) is 3.51. The van der Waals surface area contributed by atoms with Crippen LogP contribution in [0.3, 0.4) is 0 Å². The van der Waals surface area contributed by atoms with Crippen molar-refractivity contribution in [1.29, 1.82) is 0 Å². The highest BCUT2D eigenvalue weighted by Gasteiger charge is 2.16. The smallest absolute Gasteiger partial charge is 0.226 e. The first-order chi connectivity index (χ1) is 7.68. The number of quaternary nitrogens is 1. The summed E-state index contributed by atoms with van der Waals surface area (Å²) in [6.07, 6.45) is 1.45. The van der Waals surface area contributed by atoms with E-state index in [1.807, 2.05) is 4.90 Å². The molecule has 1 aromatic rings. The van der Waals surface area contributed by atoms with Gasteiger partial charge >= 0.3 is 0 Å². The Labute approximate surface area is 101 Å². The first kappa shape index (κ1) is 11.3. The van der Waals surface area contributed by atoms with Crippen LogP contribution in [-0.4, -0.2) is 42.1 Å². The van der Waals surface area contributed by atoms with Crippen molar-refractivity contribution in [1.82, 2.24) is 9.97 Å². The van der Waals surface area contributed by atoms with Crippen LogP contribution in [0.5, 0.6) is 0 Å². The average molecular weight is 287 g/mol. The summed E-state index contributed by atoms with van der Waals surface area (Å²) in [6.45, 7) is 3.60. The van der Waals surface area contributed by atoms with E-state index in [-0.39, 0.29) is 5.69 Å². The van der Waals surface area contributed by atoms with Crippen molar-refractivity contribution in [3.05, 3.63) is 16.4 Å². The van der Waals surface area contributed by atoms with Crippen LogP contribution in [0.1, 0.15) is 10.5 Å². The normalized spacial score (nSPS) is 16.2. The van der Waals surface area contributed by atoms with Crippen molar-refractivity contribution in [2.24, 2.45) is 0 Å². The third-order valence-corrected chi connectivity index (χ3v) is 2.99. The van der Waals surface area contributed by atoms with Crippen LogP contribution in [0.2, 0.25) is 0 Å². The molecule has 0 bridgehead atoms. The third-order valence-electron chi connectivity index (χ3n) is 2.41. The number of nitrogens with two attached hydrogens (primary N) is 1. The van der Waals surface area contributed by atoms with Gasteiger partial charge in [0.05, 0.1) is 36.6 Å². The summed E-state index contributed by atoms with van der Waals surface area (Å²) in [7, 11) is 0. The predicted octanol–water partition coefficient (Wildman–Crippen LogP) is -2.01. The molecule has 7 heteroatoms. The first-order valence-electron chi connectivity index (χ1n) is 4.99. The maximum absolute atomic E-state index is 10.8. The second kappa shape index (κ2) is 4.75. The van der Waals surface area contributed by atoms with E-state index < -0.39 is 5.97 Å². The Hall–Kier alpha value is -1.21. The molecule has 0 spiro atoms. The summed E-state index contributed by atoms with van der Waals surface area (Å²) < 4.78 is 0.347. The fraction of sp³-hybridized carbons (Fsp3) is 0.444. The minimum absolute atomic E-state index is 0.0976. The monoisotopic (exact) mass is 286 g/mol. The number of hydrogen-bond acceptors (Lipinski definition) is 5. The molecule has 0 saturated carbocycles. The van der Waals surface area contributed by atoms with Crippen LogP contribution in [0.25, 0.3) is 0 Å². The Bertz CT molecular complexity index is 406. The number of hydrogen-bond donors (Lipinski definition) is 1. The average Bonchev–Trinajstić information content (AvgIpc) is 2.30. The van der Waals surface area contributed by atoms with Gasteiger partial charge in [0.15, 0.2) is 0 Å². The number of piperazine rings is 1. The maximum atomic E-state index is 10.8. The zero-order valence-electron chi connectivity index (χ0n) is 8.52. The van der Waals surface area contributed by atoms with Gasteiger partial charge in [-0.05, 0) is 15.9 Å². The number of aromatic nitrogens is 2. The molecule has 16 heavy (non-hydrogen) atoms. The van der Waals surface area contributed by atoms with Gasteiger partial charge in [0.1, 0.15) is 5.69 Å². The Morgan fingerprint density at radius 2 is 2.19 bits per heavy atom. The molecule has 1 aromatic heterocycles. The van der Waals surface area contributed by atoms with Crippen LogP contribution in [0.4, 0.5) is 5.95 Å². The van der Waals surface area contributed by atoms with Gasteiger partial charge in [0, 0.05) is 6.20 Å². The lowest BCUT2D eigenvalue weighted by Gasteiger charge is -2.25. The highest BCUT2D eigenvalue weighted by atomic mass is 79.9. The molecular formula is C9H11BrN4O2. The molecule has 0 unspecified atom stereocenters. The second-order valence-corrected chi connectivity index (χ2v) is 4.36. The van der Waals surface area contributed by atoms with Crippen LogP contribution in [-0.2, 0) is 0 Å². The summed E-state index contributed by atoms with van der Waals surface area (Å²) in [5.74, 6) is -0.838. The topological polar surface area (TPSA) is 85.8 Å². The number of nitrogens with zero attached hydrogens (tertiary/aromatic N) is 3. The largest absolute Gasteiger partial charge is 0.543 e. The quantitative estimate of drug-likeness (QED) is 0.679. The molecule has 0 aromatic carbocycles. The van der Waals surface area contributed by atoms with Crippen molar-refractivity contribution in [2.75, 3.05) is 31.1 Å². The Morgan fingerprint density at radius 1 is 1.50 bits per heavy atom. The van der Waals surface area contributed by atoms with Gasteiger partial charge in [-0.3, -0.25) is 0 Å². The summed E-state index contributed by atoms with van der Waals surface area (Å²) in [5.41, 5.74) is -0.0976. The van der Waals surface area contributed by atoms with Gasteiger partial charge in [0.2, 0.25) is 5.95 Å². The SMILES string of the molecule is O=C([O-])c1nc(N2CC[NH2+]CC2)ncc1Br. The molecule has 1 aliphatic rings. The van der Waals surface area contributed by atoms with E-state index in [9.17, 15) is 9.90 Å². The fourth-order valence-corrected chi connectivity index (χ4v) is 1.96. The molecule has 2 N–H and O–H groups in total. The van der Waals surface area contributed by atoms with Crippen LogP contribution in [0, 0.1) is 0 Å². The van der Waals surface area contributed by atoms with Crippen molar-refractivity contribution >= 4 is 27.8 Å². The Kier molecular flexibility index (Phi) is 3.35. The minimum Gasteiger partial charge on any atom is -0.543 e. The Balaban J connectivity index is 2.27. The van der Waals surface area contributed by atoms with E-state index in [4.69, 9.17) is 0 Å². The molecule has 1 saturated heterocycles. The van der Waals surface area contributed by atoms with Gasteiger partial charge in [0.25, 0.3) is 0 Å². The van der Waals surface area contributed by atoms with Gasteiger partial charge in [-0.25, -0.2) is 9.97 Å². The molecule has 86 valence electrons. The molecule has 0 radical (unpaired) electrons. The molecule has 6 nitrogen and oxygen atoms in total. The number of anilines is 1. The lowest BCUT2D eigenvalue weighted by molar-refractivity contribution is -0.655. The minimum atomic E-state index is -1.29. The lowest BCUT2D eigenvalue weighted by Crippen LogP contribution is -2.89. The van der Waals surface area contributed by atoms with Gasteiger partial charge in [-0.2, -0.15) is 0 Å². The van der Waals surface area contributed by atoms with Crippen LogP contribution < -0.4 is 15.3 Å². The standard InChI is InChI=1S/C9H11BrN4O2/c10-6-5-12-9(13-7(6)8(15)16)14-3-1-11-2-4-14/h5,11H,1-4H2,(H,15,16). The molecule has 0 atom stereocenters. The predicted molar refractivity (Wildman–Crippen MR) is 57.9 cm³/mol. The number of halogens is 1. The van der Waals surface area contributed by atoms with Crippen LogP contribution >= 0.6 is 15.9 Å². The maximum Gasteiger partial charge on any atom is 0.226 e. The van der Waals surface area contributed by atoms with E-state index in [0.717, 1.165) is 26.2 Å². The van der Waals surface area contributed by atoms with E-state index in [1.165, 1.54) is 6.20 Å². The number of carboxylic acids is 1. The van der Waals surface area contributed by atoms with Crippen molar-refractivity contribution in [2.45, 2.75) is 0 Å². The molecule has 2 heterocycles. The van der Waals surface area contributed by atoms with Gasteiger partial charge in [-0.1, -0.05) is 0 Å². The zero-order valence-corrected chi connectivity index (χ0v) is 10.1. The summed E-state index contributed by atoms with van der Waals surface area (Å²) in [4.78, 5) is 20.9. The lowest BCUT2D eigenvalue weighted by atomic mass is 10.4. The number of carbonyl (C=O) groups is 1. The number of carbonyl (C=O) groups excluding carboxylic acids is 1. The summed E-state index contributed by atoms with van der Waals surface area (Å²) in [5, 5.41) is 13.0. The molecule has 1 fully saturated rings. The van der Waals surface area contributed by atoms with Gasteiger partial charge in [-0.15, -0.1) is 0 Å². The molecule has 1 aliphatic heterocycles.